The molecule has 112 valence electrons. The molecule has 0 fully saturated rings. The minimum Gasteiger partial charge on any atom is -0.379 e. The Morgan fingerprint density at radius 3 is 2.37 bits per heavy atom. The van der Waals surface area contributed by atoms with Gasteiger partial charge in [-0.15, -0.1) is 0 Å². The molecule has 0 saturated heterocycles. The van der Waals surface area contributed by atoms with Crippen LogP contribution < -0.4 is 10.6 Å². The van der Waals surface area contributed by atoms with E-state index in [1.807, 2.05) is 7.05 Å². The van der Waals surface area contributed by atoms with Crippen molar-refractivity contribution in [3.8, 4) is 0 Å². The molecule has 0 atom stereocenters. The van der Waals surface area contributed by atoms with Gasteiger partial charge in [-0.3, -0.25) is 4.79 Å². The first-order valence-corrected chi connectivity index (χ1v) is 6.39. The molecule has 0 radical (unpaired) electrons. The second kappa shape index (κ2) is 15.0. The van der Waals surface area contributed by atoms with Crippen LogP contribution in [0.15, 0.2) is 0 Å². The van der Waals surface area contributed by atoms with Crippen LogP contribution in [0.4, 0.5) is 0 Å². The van der Waals surface area contributed by atoms with E-state index < -0.39 is 0 Å². The van der Waals surface area contributed by atoms with Crippen molar-refractivity contribution < 1.29 is 23.8 Å². The van der Waals surface area contributed by atoms with Gasteiger partial charge < -0.3 is 29.6 Å². The van der Waals surface area contributed by atoms with Crippen LogP contribution >= 0.6 is 0 Å². The van der Waals surface area contributed by atoms with Gasteiger partial charge in [0.2, 0.25) is 5.91 Å². The fourth-order valence-corrected chi connectivity index (χ4v) is 1.14. The second-order valence-electron chi connectivity index (χ2n) is 3.67. The van der Waals surface area contributed by atoms with Crippen molar-refractivity contribution in [2.75, 3.05) is 59.8 Å². The lowest BCUT2D eigenvalue weighted by Gasteiger charge is -2.06. The molecule has 7 nitrogen and oxygen atoms in total. The predicted octanol–water partition coefficient (Wildman–Crippen LogP) is -1.04. The van der Waals surface area contributed by atoms with E-state index in [2.05, 4.69) is 10.6 Å². The molecule has 0 aliphatic rings. The van der Waals surface area contributed by atoms with Crippen LogP contribution in [0.5, 0.6) is 0 Å². The summed E-state index contributed by atoms with van der Waals surface area (Å²) in [5, 5.41) is 5.63. The fourth-order valence-electron chi connectivity index (χ4n) is 1.14. The van der Waals surface area contributed by atoms with Gasteiger partial charge in [-0.1, -0.05) is 0 Å². The maximum Gasteiger partial charge on any atom is 0.222 e. The number of likely N-dealkylation sites (N-methyl/N-ethyl adjacent to an activating group) is 1. The van der Waals surface area contributed by atoms with Crippen LogP contribution in [0.25, 0.3) is 0 Å². The molecule has 0 bridgehead atoms. The molecule has 2 N–H and O–H groups in total. The third-order valence-corrected chi connectivity index (χ3v) is 2.10. The Hall–Kier alpha value is -1.02. The number of amides is 1. The molecule has 0 aromatic carbocycles. The van der Waals surface area contributed by atoms with Crippen molar-refractivity contribution in [1.29, 1.82) is 0 Å². The van der Waals surface area contributed by atoms with Gasteiger partial charge in [0.15, 0.2) is 0 Å². The van der Waals surface area contributed by atoms with Crippen LogP contribution in [0.1, 0.15) is 6.42 Å². The summed E-state index contributed by atoms with van der Waals surface area (Å²) in [6, 6.07) is 0. The molecule has 1 amide bonds. The zero-order valence-corrected chi connectivity index (χ0v) is 11.5. The molecule has 7 heteroatoms. The molecule has 0 aliphatic carbocycles. The molecule has 0 aliphatic heterocycles. The lowest BCUT2D eigenvalue weighted by atomic mass is 10.4. The monoisotopic (exact) mass is 276 g/mol. The van der Waals surface area contributed by atoms with Gasteiger partial charge in [-0.25, -0.2) is 0 Å². The summed E-state index contributed by atoms with van der Waals surface area (Å²) >= 11 is 0. The third-order valence-electron chi connectivity index (χ3n) is 2.10. The summed E-state index contributed by atoms with van der Waals surface area (Å²) in [5.41, 5.74) is 0. The van der Waals surface area contributed by atoms with E-state index in [0.29, 0.717) is 52.3 Å². The number of hydrogen-bond acceptors (Lipinski definition) is 6. The molecular weight excluding hydrogens is 252 g/mol. The highest BCUT2D eigenvalue weighted by molar-refractivity contribution is 5.75. The summed E-state index contributed by atoms with van der Waals surface area (Å²) in [6.07, 6.45) is 0.985. The molecular formula is C12H24N2O5. The minimum atomic E-state index is -0.0918. The van der Waals surface area contributed by atoms with Crippen molar-refractivity contribution in [3.63, 3.8) is 0 Å². The highest BCUT2D eigenvalue weighted by Crippen LogP contribution is 1.84. The van der Waals surface area contributed by atoms with Crippen molar-refractivity contribution in [2.24, 2.45) is 0 Å². The maximum atomic E-state index is 11.3. The normalized spacial score (nSPS) is 10.4. The lowest BCUT2D eigenvalue weighted by Crippen LogP contribution is -2.28. The molecule has 0 unspecified atom stereocenters. The molecule has 0 aromatic rings. The number of hydrogen-bond donors (Lipinski definition) is 2. The average molecular weight is 276 g/mol. The molecule has 0 aromatic heterocycles. The van der Waals surface area contributed by atoms with Crippen molar-refractivity contribution in [1.82, 2.24) is 10.6 Å². The van der Waals surface area contributed by atoms with Crippen LogP contribution in [-0.2, 0) is 23.8 Å². The SMILES string of the molecule is CNCCOCCOCCC(=O)NCCOCC=O. The summed E-state index contributed by atoms with van der Waals surface area (Å²) in [4.78, 5) is 21.2. The summed E-state index contributed by atoms with van der Waals surface area (Å²) < 4.78 is 15.4. The smallest absolute Gasteiger partial charge is 0.222 e. The van der Waals surface area contributed by atoms with Gasteiger partial charge in [0.05, 0.1) is 33.0 Å². The Morgan fingerprint density at radius 1 is 1.00 bits per heavy atom. The van der Waals surface area contributed by atoms with E-state index >= 15 is 0 Å². The molecule has 0 saturated carbocycles. The lowest BCUT2D eigenvalue weighted by molar-refractivity contribution is -0.122. The molecule has 0 rings (SSSR count). The highest BCUT2D eigenvalue weighted by atomic mass is 16.5. The summed E-state index contributed by atoms with van der Waals surface area (Å²) in [5.74, 6) is -0.0918. The van der Waals surface area contributed by atoms with E-state index in [9.17, 15) is 9.59 Å². The number of nitrogens with one attached hydrogen (secondary N) is 2. The number of carbonyl (C=O) groups is 2. The zero-order valence-electron chi connectivity index (χ0n) is 11.5. The minimum absolute atomic E-state index is 0.0620. The Morgan fingerprint density at radius 2 is 1.68 bits per heavy atom. The third kappa shape index (κ3) is 14.9. The van der Waals surface area contributed by atoms with Gasteiger partial charge in [0.25, 0.3) is 0 Å². The van der Waals surface area contributed by atoms with Crippen LogP contribution in [0, 0.1) is 0 Å². The standard InChI is InChI=1S/C12H24N2O5/c1-13-3-7-19-11-10-17-6-2-12(16)14-4-8-18-9-5-15/h5,13H,2-4,6-11H2,1H3,(H,14,16). The van der Waals surface area contributed by atoms with Crippen LogP contribution in [-0.4, -0.2) is 72.0 Å². The Labute approximate surface area is 114 Å². The van der Waals surface area contributed by atoms with Gasteiger partial charge in [0.1, 0.15) is 12.9 Å². The zero-order chi connectivity index (χ0) is 14.2. The fraction of sp³-hybridized carbons (Fsp3) is 0.833. The van der Waals surface area contributed by atoms with Crippen LogP contribution in [0.3, 0.4) is 0 Å². The Bertz CT molecular complexity index is 226. The number of carbonyl (C=O) groups excluding carboxylic acids is 2. The van der Waals surface area contributed by atoms with E-state index in [1.54, 1.807) is 0 Å². The number of aldehydes is 1. The van der Waals surface area contributed by atoms with E-state index in [4.69, 9.17) is 14.2 Å². The molecule has 19 heavy (non-hydrogen) atoms. The highest BCUT2D eigenvalue weighted by Gasteiger charge is 2.00. The predicted molar refractivity (Wildman–Crippen MR) is 70.1 cm³/mol. The topological polar surface area (TPSA) is 85.9 Å². The van der Waals surface area contributed by atoms with Gasteiger partial charge in [-0.05, 0) is 7.05 Å². The van der Waals surface area contributed by atoms with Gasteiger partial charge in [0, 0.05) is 19.5 Å². The Kier molecular flexibility index (Phi) is 14.2. The Balaban J connectivity index is 3.13. The summed E-state index contributed by atoms with van der Waals surface area (Å²) in [7, 11) is 1.86. The molecule has 0 spiro atoms. The van der Waals surface area contributed by atoms with E-state index in [-0.39, 0.29) is 12.5 Å². The van der Waals surface area contributed by atoms with E-state index in [1.165, 1.54) is 0 Å². The van der Waals surface area contributed by atoms with Crippen LogP contribution in [0.2, 0.25) is 0 Å². The van der Waals surface area contributed by atoms with Crippen molar-refractivity contribution in [2.45, 2.75) is 6.42 Å². The first-order chi connectivity index (χ1) is 9.31. The number of rotatable bonds is 14. The number of ether oxygens (including phenoxy) is 3. The van der Waals surface area contributed by atoms with E-state index in [0.717, 1.165) is 6.54 Å². The summed E-state index contributed by atoms with van der Waals surface area (Å²) in [6.45, 7) is 3.66. The first kappa shape index (κ1) is 18.0. The second-order valence-corrected chi connectivity index (χ2v) is 3.67. The average Bonchev–Trinajstić information content (AvgIpc) is 2.41. The molecule has 0 heterocycles. The maximum absolute atomic E-state index is 11.3. The largest absolute Gasteiger partial charge is 0.379 e. The first-order valence-electron chi connectivity index (χ1n) is 6.39. The van der Waals surface area contributed by atoms with Crippen molar-refractivity contribution in [3.05, 3.63) is 0 Å². The van der Waals surface area contributed by atoms with Gasteiger partial charge >= 0.3 is 0 Å². The quantitative estimate of drug-likeness (QED) is 0.311. The van der Waals surface area contributed by atoms with Crippen molar-refractivity contribution >= 4 is 12.2 Å². The van der Waals surface area contributed by atoms with Gasteiger partial charge in [-0.2, -0.15) is 0 Å².